The van der Waals surface area contributed by atoms with Crippen LogP contribution in [0.2, 0.25) is 0 Å². The van der Waals surface area contributed by atoms with Crippen LogP contribution in [0, 0.1) is 0 Å². The Morgan fingerprint density at radius 3 is 1.27 bits per heavy atom. The van der Waals surface area contributed by atoms with Crippen LogP contribution in [0.1, 0.15) is 11.1 Å². The summed E-state index contributed by atoms with van der Waals surface area (Å²) in [7, 11) is 7.44. The molecule has 0 unspecified atom stereocenters. The molecule has 2 aliphatic rings. The molecule has 0 N–H and O–H groups in total. The molecular formula is C18H12S4. The van der Waals surface area contributed by atoms with Crippen molar-refractivity contribution in [2.24, 2.45) is 0 Å². The molecule has 0 radical (unpaired) electrons. The molecule has 0 aromatic heterocycles. The first-order valence-electron chi connectivity index (χ1n) is 6.88. The molecule has 2 aromatic rings. The lowest BCUT2D eigenvalue weighted by Gasteiger charge is -1.97. The predicted molar refractivity (Wildman–Crippen MR) is 106 cm³/mol. The SMILES string of the molecule is C1=C(c2ccccc2)SS/C1=C1\C=C(c2ccccc2)SS1. The number of benzene rings is 2. The van der Waals surface area contributed by atoms with Crippen LogP contribution in [0.15, 0.2) is 82.6 Å². The minimum absolute atomic E-state index is 1.30. The van der Waals surface area contributed by atoms with Crippen LogP contribution in [0.3, 0.4) is 0 Å². The van der Waals surface area contributed by atoms with Gasteiger partial charge in [0.1, 0.15) is 0 Å². The average Bonchev–Trinajstić information content (AvgIpc) is 3.26. The van der Waals surface area contributed by atoms with Crippen LogP contribution in [-0.2, 0) is 0 Å². The van der Waals surface area contributed by atoms with Crippen molar-refractivity contribution in [1.82, 2.24) is 0 Å². The van der Waals surface area contributed by atoms with E-state index < -0.39 is 0 Å². The quantitative estimate of drug-likeness (QED) is 0.527. The maximum absolute atomic E-state index is 2.32. The summed E-state index contributed by atoms with van der Waals surface area (Å²) in [5, 5.41) is 0. The number of rotatable bonds is 2. The van der Waals surface area contributed by atoms with E-state index in [0.717, 1.165) is 0 Å². The number of hydrogen-bond acceptors (Lipinski definition) is 4. The molecule has 4 rings (SSSR count). The third kappa shape index (κ3) is 3.06. The minimum Gasteiger partial charge on any atom is -0.0622 e. The van der Waals surface area contributed by atoms with Gasteiger partial charge in [0, 0.05) is 19.6 Å². The molecule has 0 atom stereocenters. The first kappa shape index (κ1) is 14.6. The highest BCUT2D eigenvalue weighted by molar-refractivity contribution is 8.83. The van der Waals surface area contributed by atoms with E-state index in [9.17, 15) is 0 Å². The van der Waals surface area contributed by atoms with E-state index in [1.54, 1.807) is 0 Å². The van der Waals surface area contributed by atoms with Crippen LogP contribution in [0.5, 0.6) is 0 Å². The second-order valence-corrected chi connectivity index (χ2v) is 9.24. The van der Waals surface area contributed by atoms with E-state index >= 15 is 0 Å². The van der Waals surface area contributed by atoms with Crippen LogP contribution >= 0.6 is 43.2 Å². The highest BCUT2D eigenvalue weighted by Gasteiger charge is 2.21. The molecule has 0 aliphatic carbocycles. The highest BCUT2D eigenvalue weighted by Crippen LogP contribution is 2.57. The van der Waals surface area contributed by atoms with Gasteiger partial charge in [0.15, 0.2) is 0 Å². The van der Waals surface area contributed by atoms with Crippen LogP contribution in [0.4, 0.5) is 0 Å². The van der Waals surface area contributed by atoms with Gasteiger partial charge in [-0.2, -0.15) is 0 Å². The van der Waals surface area contributed by atoms with E-state index in [4.69, 9.17) is 0 Å². The van der Waals surface area contributed by atoms with Gasteiger partial charge in [-0.15, -0.1) is 0 Å². The zero-order valence-corrected chi connectivity index (χ0v) is 14.8. The topological polar surface area (TPSA) is 0 Å². The van der Waals surface area contributed by atoms with Crippen molar-refractivity contribution in [3.05, 3.63) is 93.8 Å². The summed E-state index contributed by atoms with van der Waals surface area (Å²) in [6.07, 6.45) is 4.63. The van der Waals surface area contributed by atoms with Gasteiger partial charge in [0.25, 0.3) is 0 Å². The van der Waals surface area contributed by atoms with E-state index in [2.05, 4.69) is 72.8 Å². The van der Waals surface area contributed by atoms with Gasteiger partial charge in [0.05, 0.1) is 0 Å². The first-order chi connectivity index (χ1) is 10.9. The van der Waals surface area contributed by atoms with Crippen LogP contribution in [-0.4, -0.2) is 0 Å². The maximum Gasteiger partial charge on any atom is 0.0343 e. The van der Waals surface area contributed by atoms with Crippen molar-refractivity contribution < 1.29 is 0 Å². The fourth-order valence-electron chi connectivity index (χ4n) is 2.21. The monoisotopic (exact) mass is 356 g/mol. The fourth-order valence-corrected chi connectivity index (χ4v) is 7.46. The van der Waals surface area contributed by atoms with Gasteiger partial charge in [-0.3, -0.25) is 0 Å². The molecule has 0 nitrogen and oxygen atoms in total. The van der Waals surface area contributed by atoms with Gasteiger partial charge in [-0.1, -0.05) is 104 Å². The minimum atomic E-state index is 1.30. The van der Waals surface area contributed by atoms with E-state index in [0.29, 0.717) is 0 Å². The molecule has 0 bridgehead atoms. The van der Waals surface area contributed by atoms with E-state index in [1.165, 1.54) is 30.7 Å². The molecule has 2 aromatic carbocycles. The molecule has 0 saturated carbocycles. The molecule has 0 fully saturated rings. The normalized spacial score (nSPS) is 20.9. The van der Waals surface area contributed by atoms with Crippen molar-refractivity contribution in [1.29, 1.82) is 0 Å². The Morgan fingerprint density at radius 2 is 0.864 bits per heavy atom. The molecule has 4 heteroatoms. The second-order valence-electron chi connectivity index (χ2n) is 4.81. The van der Waals surface area contributed by atoms with Crippen LogP contribution < -0.4 is 0 Å². The summed E-state index contributed by atoms with van der Waals surface area (Å²) < 4.78 is 0. The standard InChI is InChI=1S/C18H12S4/c1-3-7-13(8-4-1)15-11-17(21-19-15)18-12-16(20-22-18)14-9-5-2-6-10-14/h1-12H/b18-17+. The molecule has 2 aliphatic heterocycles. The lowest BCUT2D eigenvalue weighted by molar-refractivity contribution is 1.64. The fraction of sp³-hybridized carbons (Fsp3) is 0. The lowest BCUT2D eigenvalue weighted by Crippen LogP contribution is -1.75. The van der Waals surface area contributed by atoms with Gasteiger partial charge < -0.3 is 0 Å². The number of hydrogen-bond donors (Lipinski definition) is 0. The first-order valence-corrected chi connectivity index (χ1v) is 11.2. The van der Waals surface area contributed by atoms with Crippen molar-refractivity contribution in [2.45, 2.75) is 0 Å². The molecule has 22 heavy (non-hydrogen) atoms. The van der Waals surface area contributed by atoms with Crippen molar-refractivity contribution in [3.8, 4) is 0 Å². The Labute approximate surface area is 146 Å². The summed E-state index contributed by atoms with van der Waals surface area (Å²) >= 11 is 0. The summed E-state index contributed by atoms with van der Waals surface area (Å²) in [6.45, 7) is 0. The maximum atomic E-state index is 2.32. The molecule has 2 heterocycles. The molecule has 0 spiro atoms. The van der Waals surface area contributed by atoms with Gasteiger partial charge >= 0.3 is 0 Å². The Kier molecular flexibility index (Phi) is 4.44. The van der Waals surface area contributed by atoms with Gasteiger partial charge in [-0.25, -0.2) is 0 Å². The Bertz CT molecular complexity index is 706. The van der Waals surface area contributed by atoms with Gasteiger partial charge in [0.2, 0.25) is 0 Å². The smallest absolute Gasteiger partial charge is 0.0343 e. The summed E-state index contributed by atoms with van der Waals surface area (Å²) in [4.78, 5) is 5.43. The molecular weight excluding hydrogens is 344 g/mol. The Hall–Kier alpha value is -0.940. The lowest BCUT2D eigenvalue weighted by atomic mass is 10.2. The zero-order chi connectivity index (χ0) is 14.8. The summed E-state index contributed by atoms with van der Waals surface area (Å²) in [5.74, 6) is 0. The van der Waals surface area contributed by atoms with E-state index in [-0.39, 0.29) is 0 Å². The molecule has 0 amide bonds. The Morgan fingerprint density at radius 1 is 0.455 bits per heavy atom. The van der Waals surface area contributed by atoms with Crippen molar-refractivity contribution in [2.75, 3.05) is 0 Å². The van der Waals surface area contributed by atoms with Crippen molar-refractivity contribution >= 4 is 53.0 Å². The predicted octanol–water partition coefficient (Wildman–Crippen LogP) is 7.07. The number of allylic oxidation sites excluding steroid dienone is 2. The summed E-state index contributed by atoms with van der Waals surface area (Å²) in [6, 6.07) is 21.2. The molecule has 108 valence electrons. The third-order valence-corrected chi connectivity index (χ3v) is 8.38. The van der Waals surface area contributed by atoms with Gasteiger partial charge in [-0.05, 0) is 23.3 Å². The largest absolute Gasteiger partial charge is 0.0622 e. The summed E-state index contributed by atoms with van der Waals surface area (Å²) in [5.41, 5.74) is 2.61. The average molecular weight is 357 g/mol. The second kappa shape index (κ2) is 6.67. The Balaban J connectivity index is 1.64. The third-order valence-electron chi connectivity index (χ3n) is 3.33. The highest BCUT2D eigenvalue weighted by atomic mass is 33.1. The van der Waals surface area contributed by atoms with Crippen LogP contribution in [0.25, 0.3) is 9.81 Å². The van der Waals surface area contributed by atoms with Crippen molar-refractivity contribution in [3.63, 3.8) is 0 Å². The zero-order valence-electron chi connectivity index (χ0n) is 11.6. The molecule has 0 saturated heterocycles. The van der Waals surface area contributed by atoms with E-state index in [1.807, 2.05) is 43.2 Å².